The molecule has 2 aromatic carbocycles. The zero-order valence-corrected chi connectivity index (χ0v) is 32.5. The van der Waals surface area contributed by atoms with Crippen molar-refractivity contribution in [3.05, 3.63) is 82.1 Å². The van der Waals surface area contributed by atoms with Crippen LogP contribution in [0.3, 0.4) is 0 Å². The number of benzene rings is 2. The summed E-state index contributed by atoms with van der Waals surface area (Å²) in [4.78, 5) is 51.2. The fourth-order valence-electron chi connectivity index (χ4n) is 7.09. The fraction of sp³-hybridized carbons (Fsp3) is 0.390. The number of nitrogens with one attached hydrogen (secondary N) is 2. The Hall–Kier alpha value is -5.11. The number of carbonyl (C=O) groups is 2. The second kappa shape index (κ2) is 16.9. The van der Waals surface area contributed by atoms with Crippen LogP contribution < -0.4 is 20.8 Å². The number of nitrogens with zero attached hydrogens (tertiary/aromatic N) is 5. The number of urea groups is 1. The number of aromatic nitrogens is 3. The summed E-state index contributed by atoms with van der Waals surface area (Å²) in [6.45, 7) is 14.2. The molecule has 13 heteroatoms. The maximum Gasteiger partial charge on any atom is 0.341 e. The summed E-state index contributed by atoms with van der Waals surface area (Å²) in [7, 11) is 2.20. The molecule has 1 atom stereocenters. The van der Waals surface area contributed by atoms with Crippen molar-refractivity contribution in [2.45, 2.75) is 53.1 Å². The molecule has 3 aromatic heterocycles. The average molecular weight is 753 g/mol. The molecule has 12 nitrogen and oxygen atoms in total. The molecule has 1 fully saturated rings. The van der Waals surface area contributed by atoms with E-state index in [0.717, 1.165) is 61.3 Å². The first kappa shape index (κ1) is 38.6. The zero-order valence-electron chi connectivity index (χ0n) is 31.7. The second-order valence-electron chi connectivity index (χ2n) is 13.9. The van der Waals surface area contributed by atoms with E-state index in [9.17, 15) is 19.5 Å². The molecule has 0 saturated carbocycles. The lowest BCUT2D eigenvalue weighted by molar-refractivity contribution is -0.906. The quantitative estimate of drug-likeness (QED) is 0.0969. The summed E-state index contributed by atoms with van der Waals surface area (Å²) in [6.07, 6.45) is 5.20. The van der Waals surface area contributed by atoms with Gasteiger partial charge in [-0.3, -0.25) is 15.0 Å². The molecule has 54 heavy (non-hydrogen) atoms. The Kier molecular flexibility index (Phi) is 12.1. The SMILES string of the molecule is CCNC(=O)Nc1cc(-c2nc(-c3ccccc3)cs2)c(-c2cc3c(=O)c(C(=O)O)cn(CC4CCCN4CC)c3cc2OCC[N+](C)(CC)CC)cn1. The third kappa shape index (κ3) is 8.33. The van der Waals surface area contributed by atoms with E-state index in [1.165, 1.54) is 17.5 Å². The predicted molar refractivity (Wildman–Crippen MR) is 216 cm³/mol. The minimum Gasteiger partial charge on any atom is -0.487 e. The van der Waals surface area contributed by atoms with E-state index in [-0.39, 0.29) is 23.0 Å². The van der Waals surface area contributed by atoms with Gasteiger partial charge < -0.3 is 24.2 Å². The molecule has 284 valence electrons. The molecular formula is C41H50N7O5S+. The summed E-state index contributed by atoms with van der Waals surface area (Å²) in [5, 5.41) is 18.7. The van der Waals surface area contributed by atoms with Gasteiger partial charge in [0.15, 0.2) is 0 Å². The number of carbonyl (C=O) groups excluding carboxylic acids is 1. The number of thiazole rings is 1. The van der Waals surface area contributed by atoms with E-state index in [1.54, 1.807) is 18.3 Å². The first-order chi connectivity index (χ1) is 26.1. The van der Waals surface area contributed by atoms with Crippen LogP contribution in [-0.4, -0.2) is 100.0 Å². The van der Waals surface area contributed by atoms with E-state index in [4.69, 9.17) is 9.72 Å². The number of pyridine rings is 2. The van der Waals surface area contributed by atoms with Crippen LogP contribution >= 0.6 is 11.3 Å². The number of fused-ring (bicyclic) bond motifs is 1. The Labute approximate surface area is 320 Å². The van der Waals surface area contributed by atoms with E-state index < -0.39 is 11.4 Å². The summed E-state index contributed by atoms with van der Waals surface area (Å²) >= 11 is 1.45. The number of ether oxygens (including phenoxy) is 1. The van der Waals surface area contributed by atoms with Crippen LogP contribution in [-0.2, 0) is 6.54 Å². The van der Waals surface area contributed by atoms with Crippen LogP contribution in [0.2, 0.25) is 0 Å². The van der Waals surface area contributed by atoms with Gasteiger partial charge in [0.2, 0.25) is 5.43 Å². The summed E-state index contributed by atoms with van der Waals surface area (Å²) in [6, 6.07) is 15.1. The molecule has 6 rings (SSSR count). The van der Waals surface area contributed by atoms with Crippen molar-refractivity contribution in [2.75, 3.05) is 58.2 Å². The van der Waals surface area contributed by atoms with Crippen LogP contribution in [0.15, 0.2) is 71.1 Å². The number of aromatic carboxylic acids is 1. The van der Waals surface area contributed by atoms with Gasteiger partial charge in [-0.25, -0.2) is 19.6 Å². The number of likely N-dealkylation sites (N-methyl/N-ethyl adjacent to an activating group) is 2. The minimum atomic E-state index is -1.27. The molecule has 1 aliphatic heterocycles. The average Bonchev–Trinajstić information content (AvgIpc) is 3.86. The fourth-order valence-corrected chi connectivity index (χ4v) is 7.95. The largest absolute Gasteiger partial charge is 0.487 e. The van der Waals surface area contributed by atoms with Gasteiger partial charge >= 0.3 is 12.0 Å². The van der Waals surface area contributed by atoms with E-state index >= 15 is 0 Å². The Bertz CT molecular complexity index is 2180. The molecule has 2 amide bonds. The lowest BCUT2D eigenvalue weighted by Crippen LogP contribution is -2.46. The number of rotatable bonds is 15. The summed E-state index contributed by atoms with van der Waals surface area (Å²) < 4.78 is 9.43. The molecule has 5 aromatic rings. The van der Waals surface area contributed by atoms with Gasteiger partial charge in [0.05, 0.1) is 31.3 Å². The van der Waals surface area contributed by atoms with Gasteiger partial charge in [0.1, 0.15) is 35.3 Å². The van der Waals surface area contributed by atoms with Gasteiger partial charge in [-0.2, -0.15) is 0 Å². The van der Waals surface area contributed by atoms with Gasteiger partial charge in [-0.15, -0.1) is 11.3 Å². The maximum absolute atomic E-state index is 14.0. The first-order valence-electron chi connectivity index (χ1n) is 18.8. The molecule has 4 heterocycles. The molecular weight excluding hydrogens is 703 g/mol. The Morgan fingerprint density at radius 3 is 2.54 bits per heavy atom. The standard InChI is InChI=1S/C41H49N7O5S/c1-6-42-41(52)45-37-21-30(39-44-34(26-54-39)27-14-11-10-12-15-27)32(23-43-37)29-20-31-35(22-36(29)53-19-18-48(5,8-3)9-4)47(25-33(38(31)49)40(50)51)24-28-16-13-17-46(28)7-2/h10-12,14-15,20-23,25-26,28H,6-9,13,16-19,24H2,1-5H3,(H2-,42,43,45,50,51,52)/p+1. The predicted octanol–water partition coefficient (Wildman–Crippen LogP) is 7.04. The third-order valence-electron chi connectivity index (χ3n) is 10.7. The number of likely N-dealkylation sites (tertiary alicyclic amines) is 1. The van der Waals surface area contributed by atoms with Gasteiger partial charge in [-0.1, -0.05) is 37.3 Å². The van der Waals surface area contributed by atoms with Crippen LogP contribution in [0.4, 0.5) is 10.6 Å². The van der Waals surface area contributed by atoms with Crippen molar-refractivity contribution in [3.63, 3.8) is 0 Å². The Morgan fingerprint density at radius 1 is 1.06 bits per heavy atom. The van der Waals surface area contributed by atoms with Crippen LogP contribution in [0.5, 0.6) is 5.75 Å². The van der Waals surface area contributed by atoms with Crippen molar-refractivity contribution < 1.29 is 23.9 Å². The molecule has 1 saturated heterocycles. The first-order valence-corrected chi connectivity index (χ1v) is 19.7. The maximum atomic E-state index is 14.0. The lowest BCUT2D eigenvalue weighted by atomic mass is 9.97. The zero-order chi connectivity index (χ0) is 38.4. The topological polar surface area (TPSA) is 139 Å². The van der Waals surface area contributed by atoms with Crippen molar-refractivity contribution in [1.29, 1.82) is 0 Å². The second-order valence-corrected chi connectivity index (χ2v) is 14.8. The van der Waals surface area contributed by atoms with Crippen molar-refractivity contribution in [2.24, 2.45) is 0 Å². The molecule has 0 aliphatic carbocycles. The highest BCUT2D eigenvalue weighted by Crippen LogP contribution is 2.42. The number of amides is 2. The highest BCUT2D eigenvalue weighted by molar-refractivity contribution is 7.13. The number of carboxylic acid groups (broad SMARTS) is 1. The Balaban J connectivity index is 1.57. The third-order valence-corrected chi connectivity index (χ3v) is 11.6. The Morgan fingerprint density at radius 2 is 1.83 bits per heavy atom. The summed E-state index contributed by atoms with van der Waals surface area (Å²) in [5.74, 6) is -0.402. The smallest absolute Gasteiger partial charge is 0.341 e. The summed E-state index contributed by atoms with van der Waals surface area (Å²) in [5.41, 5.74) is 3.41. The van der Waals surface area contributed by atoms with Crippen molar-refractivity contribution >= 4 is 40.1 Å². The van der Waals surface area contributed by atoms with E-state index in [0.29, 0.717) is 58.5 Å². The van der Waals surface area contributed by atoms with E-state index in [2.05, 4.69) is 48.3 Å². The molecule has 0 radical (unpaired) electrons. The van der Waals surface area contributed by atoms with Crippen molar-refractivity contribution in [3.8, 4) is 38.7 Å². The number of carboxylic acids is 1. The van der Waals surface area contributed by atoms with E-state index in [1.807, 2.05) is 53.3 Å². The highest BCUT2D eigenvalue weighted by atomic mass is 32.1. The highest BCUT2D eigenvalue weighted by Gasteiger charge is 2.27. The monoisotopic (exact) mass is 752 g/mol. The van der Waals surface area contributed by atoms with Crippen LogP contribution in [0, 0.1) is 0 Å². The molecule has 1 unspecified atom stereocenters. The normalized spacial score (nSPS) is 14.7. The molecule has 0 spiro atoms. The van der Waals surface area contributed by atoms with Gasteiger partial charge in [0.25, 0.3) is 0 Å². The lowest BCUT2D eigenvalue weighted by Gasteiger charge is -2.32. The van der Waals surface area contributed by atoms with Crippen molar-refractivity contribution in [1.82, 2.24) is 24.8 Å². The molecule has 0 bridgehead atoms. The van der Waals surface area contributed by atoms with Gasteiger partial charge in [0, 0.05) is 70.6 Å². The number of hydrogen-bond acceptors (Lipinski definition) is 8. The number of hydrogen-bond donors (Lipinski definition) is 3. The minimum absolute atomic E-state index is 0.211. The van der Waals surface area contributed by atoms with Crippen LogP contribution in [0.1, 0.15) is 50.9 Å². The molecule has 1 aliphatic rings. The van der Waals surface area contributed by atoms with Crippen LogP contribution in [0.25, 0.3) is 43.9 Å². The van der Waals surface area contributed by atoms with Gasteiger partial charge in [-0.05, 0) is 58.8 Å². The molecule has 3 N–H and O–H groups in total. The number of quaternary nitrogens is 1. The number of anilines is 1.